The van der Waals surface area contributed by atoms with Crippen LogP contribution in [0.4, 0.5) is 10.5 Å². The van der Waals surface area contributed by atoms with Gasteiger partial charge in [-0.1, -0.05) is 18.5 Å². The molecule has 0 radical (unpaired) electrons. The summed E-state index contributed by atoms with van der Waals surface area (Å²) in [7, 11) is 0. The highest BCUT2D eigenvalue weighted by atomic mass is 35.5. The van der Waals surface area contributed by atoms with Crippen LogP contribution in [0.3, 0.4) is 0 Å². The van der Waals surface area contributed by atoms with E-state index in [9.17, 15) is 14.7 Å². The summed E-state index contributed by atoms with van der Waals surface area (Å²) in [6, 6.07) is 6.56. The van der Waals surface area contributed by atoms with E-state index in [1.165, 1.54) is 0 Å². The van der Waals surface area contributed by atoms with Crippen LogP contribution in [0.5, 0.6) is 0 Å². The second-order valence-corrected chi connectivity index (χ2v) is 5.84. The molecule has 0 spiro atoms. The van der Waals surface area contributed by atoms with Crippen LogP contribution in [0.25, 0.3) is 0 Å². The van der Waals surface area contributed by atoms with Gasteiger partial charge in [-0.15, -0.1) is 0 Å². The van der Waals surface area contributed by atoms with E-state index in [0.717, 1.165) is 0 Å². The Labute approximate surface area is 128 Å². The molecular formula is C15H19ClN2O3. The van der Waals surface area contributed by atoms with Crippen LogP contribution >= 0.6 is 11.6 Å². The molecule has 0 bridgehead atoms. The first kappa shape index (κ1) is 15.6. The molecule has 2 rings (SSSR count). The number of urea groups is 1. The zero-order chi connectivity index (χ0) is 15.5. The Balaban J connectivity index is 2.05. The highest BCUT2D eigenvalue weighted by Gasteiger charge is 2.42. The quantitative estimate of drug-likeness (QED) is 0.898. The van der Waals surface area contributed by atoms with Crippen molar-refractivity contribution in [3.8, 4) is 0 Å². The smallest absolute Gasteiger partial charge is 0.321 e. The van der Waals surface area contributed by atoms with Crippen LogP contribution in [0, 0.1) is 5.41 Å². The van der Waals surface area contributed by atoms with Crippen molar-refractivity contribution in [1.29, 1.82) is 0 Å². The number of carbonyl (C=O) groups excluding carboxylic acids is 1. The largest absolute Gasteiger partial charge is 0.481 e. The number of rotatable bonds is 3. The van der Waals surface area contributed by atoms with Gasteiger partial charge in [0.2, 0.25) is 0 Å². The number of hydrogen-bond acceptors (Lipinski definition) is 2. The van der Waals surface area contributed by atoms with Crippen LogP contribution in [0.2, 0.25) is 5.02 Å². The number of amides is 2. The van der Waals surface area contributed by atoms with Crippen LogP contribution in [0.15, 0.2) is 24.3 Å². The SMILES string of the molecule is CCC1(C(=O)O)CCCN(C(=O)Nc2ccc(Cl)cc2)C1. The maximum absolute atomic E-state index is 12.3. The zero-order valence-electron chi connectivity index (χ0n) is 11.9. The second-order valence-electron chi connectivity index (χ2n) is 5.40. The molecule has 1 aliphatic heterocycles. The van der Waals surface area contributed by atoms with Crippen molar-refractivity contribution in [2.75, 3.05) is 18.4 Å². The molecule has 1 fully saturated rings. The molecule has 5 nitrogen and oxygen atoms in total. The van der Waals surface area contributed by atoms with Crippen molar-refractivity contribution in [1.82, 2.24) is 4.90 Å². The normalized spacial score (nSPS) is 21.9. The number of carboxylic acid groups (broad SMARTS) is 1. The number of nitrogens with zero attached hydrogens (tertiary/aromatic N) is 1. The number of benzene rings is 1. The molecule has 2 amide bonds. The summed E-state index contributed by atoms with van der Waals surface area (Å²) in [4.78, 5) is 25.3. The van der Waals surface area contributed by atoms with E-state index in [0.29, 0.717) is 36.5 Å². The Morgan fingerprint density at radius 1 is 1.38 bits per heavy atom. The highest BCUT2D eigenvalue weighted by molar-refractivity contribution is 6.30. The fraction of sp³-hybridized carbons (Fsp3) is 0.467. The van der Waals surface area contributed by atoms with Gasteiger partial charge in [-0.2, -0.15) is 0 Å². The Morgan fingerprint density at radius 2 is 2.05 bits per heavy atom. The average Bonchev–Trinajstić information content (AvgIpc) is 2.49. The number of halogens is 1. The first-order valence-corrected chi connectivity index (χ1v) is 7.39. The predicted octanol–water partition coefficient (Wildman–Crippen LogP) is 3.45. The molecule has 0 aromatic heterocycles. The fourth-order valence-electron chi connectivity index (χ4n) is 2.66. The highest BCUT2D eigenvalue weighted by Crippen LogP contribution is 2.33. The number of hydrogen-bond donors (Lipinski definition) is 2. The Bertz CT molecular complexity index is 532. The van der Waals surface area contributed by atoms with Crippen LogP contribution in [-0.4, -0.2) is 35.1 Å². The van der Waals surface area contributed by atoms with Crippen LogP contribution in [0.1, 0.15) is 26.2 Å². The molecule has 1 atom stereocenters. The number of piperidine rings is 1. The molecule has 114 valence electrons. The lowest BCUT2D eigenvalue weighted by molar-refractivity contribution is -0.152. The maximum atomic E-state index is 12.3. The van der Waals surface area contributed by atoms with Crippen molar-refractivity contribution in [2.45, 2.75) is 26.2 Å². The topological polar surface area (TPSA) is 69.6 Å². The zero-order valence-corrected chi connectivity index (χ0v) is 12.7. The lowest BCUT2D eigenvalue weighted by atomic mass is 9.78. The second kappa shape index (κ2) is 6.35. The van der Waals surface area contributed by atoms with Gasteiger partial charge in [-0.3, -0.25) is 4.79 Å². The Morgan fingerprint density at radius 3 is 2.62 bits per heavy atom. The van der Waals surface area contributed by atoms with E-state index < -0.39 is 11.4 Å². The summed E-state index contributed by atoms with van der Waals surface area (Å²) in [6.45, 7) is 2.68. The van der Waals surface area contributed by atoms with Crippen molar-refractivity contribution < 1.29 is 14.7 Å². The molecule has 1 unspecified atom stereocenters. The number of anilines is 1. The lowest BCUT2D eigenvalue weighted by Gasteiger charge is -2.39. The summed E-state index contributed by atoms with van der Waals surface area (Å²) in [5.41, 5.74) is -0.178. The average molecular weight is 311 g/mol. The minimum atomic E-state index is -0.825. The third kappa shape index (κ3) is 3.47. The number of carbonyl (C=O) groups is 2. The van der Waals surface area contributed by atoms with E-state index in [1.807, 2.05) is 6.92 Å². The summed E-state index contributed by atoms with van der Waals surface area (Å²) < 4.78 is 0. The molecule has 1 aromatic rings. The molecule has 1 heterocycles. The number of nitrogens with one attached hydrogen (secondary N) is 1. The van der Waals surface area contributed by atoms with E-state index >= 15 is 0 Å². The first-order chi connectivity index (χ1) is 9.97. The number of likely N-dealkylation sites (tertiary alicyclic amines) is 1. The van der Waals surface area contributed by atoms with Crippen molar-refractivity contribution >= 4 is 29.3 Å². The van der Waals surface area contributed by atoms with Crippen molar-refractivity contribution in [3.63, 3.8) is 0 Å². The minimum Gasteiger partial charge on any atom is -0.481 e. The van der Waals surface area contributed by atoms with E-state index in [1.54, 1.807) is 29.2 Å². The minimum absolute atomic E-state index is 0.248. The van der Waals surface area contributed by atoms with Gasteiger partial charge in [-0.25, -0.2) is 4.79 Å². The molecule has 1 aromatic carbocycles. The molecule has 2 N–H and O–H groups in total. The van der Waals surface area contributed by atoms with Crippen molar-refractivity contribution in [3.05, 3.63) is 29.3 Å². The van der Waals surface area contributed by atoms with Gasteiger partial charge in [0, 0.05) is 23.8 Å². The van der Waals surface area contributed by atoms with Gasteiger partial charge < -0.3 is 15.3 Å². The summed E-state index contributed by atoms with van der Waals surface area (Å²) >= 11 is 5.80. The van der Waals surface area contributed by atoms with Gasteiger partial charge in [0.25, 0.3) is 0 Å². The Kier molecular flexibility index (Phi) is 4.73. The standard InChI is InChI=1S/C15H19ClN2O3/c1-2-15(13(19)20)8-3-9-18(10-15)14(21)17-12-6-4-11(16)5-7-12/h4-7H,2-3,8-10H2,1H3,(H,17,21)(H,19,20). The molecule has 0 saturated carbocycles. The lowest BCUT2D eigenvalue weighted by Crippen LogP contribution is -2.50. The summed E-state index contributed by atoms with van der Waals surface area (Å²) in [5, 5.41) is 12.8. The molecule has 1 aliphatic rings. The summed E-state index contributed by atoms with van der Waals surface area (Å²) in [6.07, 6.45) is 1.84. The maximum Gasteiger partial charge on any atom is 0.321 e. The van der Waals surface area contributed by atoms with E-state index in [2.05, 4.69) is 5.32 Å². The van der Waals surface area contributed by atoms with Crippen LogP contribution < -0.4 is 5.32 Å². The Hall–Kier alpha value is -1.75. The van der Waals surface area contributed by atoms with E-state index in [4.69, 9.17) is 11.6 Å². The molecule has 6 heteroatoms. The summed E-state index contributed by atoms with van der Waals surface area (Å²) in [5.74, 6) is -0.825. The van der Waals surface area contributed by atoms with Gasteiger partial charge in [-0.05, 0) is 43.5 Å². The molecule has 0 aliphatic carbocycles. The monoisotopic (exact) mass is 310 g/mol. The fourth-order valence-corrected chi connectivity index (χ4v) is 2.78. The third-order valence-corrected chi connectivity index (χ3v) is 4.34. The van der Waals surface area contributed by atoms with Gasteiger partial charge >= 0.3 is 12.0 Å². The molecule has 1 saturated heterocycles. The van der Waals surface area contributed by atoms with Gasteiger partial charge in [0.1, 0.15) is 0 Å². The predicted molar refractivity (Wildman–Crippen MR) is 81.6 cm³/mol. The van der Waals surface area contributed by atoms with Gasteiger partial charge in [0.15, 0.2) is 0 Å². The third-order valence-electron chi connectivity index (χ3n) is 4.09. The first-order valence-electron chi connectivity index (χ1n) is 7.02. The molecular weight excluding hydrogens is 292 g/mol. The van der Waals surface area contributed by atoms with Crippen molar-refractivity contribution in [2.24, 2.45) is 5.41 Å². The van der Waals surface area contributed by atoms with Gasteiger partial charge in [0.05, 0.1) is 5.41 Å². The number of carboxylic acids is 1. The van der Waals surface area contributed by atoms with Crippen LogP contribution in [-0.2, 0) is 4.79 Å². The number of aliphatic carboxylic acids is 1. The van der Waals surface area contributed by atoms with E-state index in [-0.39, 0.29) is 12.6 Å². The molecule has 21 heavy (non-hydrogen) atoms.